The number of ether oxygens (including phenoxy) is 3. The average molecular weight is 393 g/mol. The summed E-state index contributed by atoms with van der Waals surface area (Å²) in [6.07, 6.45) is 0.916. The highest BCUT2D eigenvalue weighted by Crippen LogP contribution is 2.32. The van der Waals surface area contributed by atoms with Crippen molar-refractivity contribution in [3.63, 3.8) is 0 Å². The van der Waals surface area contributed by atoms with E-state index in [1.54, 1.807) is 0 Å². The van der Waals surface area contributed by atoms with Gasteiger partial charge in [0.25, 0.3) is 5.91 Å². The van der Waals surface area contributed by atoms with Crippen LogP contribution in [0, 0.1) is 5.92 Å². The first kappa shape index (κ1) is 21.5. The minimum absolute atomic E-state index is 0.0298. The molecule has 1 amide bonds. The molecule has 28 heavy (non-hydrogen) atoms. The van der Waals surface area contributed by atoms with Crippen LogP contribution >= 0.6 is 0 Å². The number of halogens is 2. The van der Waals surface area contributed by atoms with Crippen LogP contribution in [0.2, 0.25) is 0 Å². The minimum atomic E-state index is -3.07. The minimum Gasteiger partial charge on any atom is -0.493 e. The molecule has 0 saturated carbocycles. The van der Waals surface area contributed by atoms with E-state index >= 15 is 0 Å². The van der Waals surface area contributed by atoms with E-state index in [0.717, 1.165) is 12.0 Å². The highest BCUT2D eigenvalue weighted by atomic mass is 19.3. The van der Waals surface area contributed by atoms with Crippen molar-refractivity contribution in [1.29, 1.82) is 0 Å². The number of hydrogen-bond acceptors (Lipinski definition) is 4. The summed E-state index contributed by atoms with van der Waals surface area (Å²) in [4.78, 5) is 12.6. The first-order valence-electron chi connectivity index (χ1n) is 9.03. The summed E-state index contributed by atoms with van der Waals surface area (Å²) in [6.45, 7) is 1.91. The number of amides is 1. The number of hydrogen-bond donors (Lipinski definition) is 1. The molecule has 0 aliphatic rings. The fraction of sp³-hybridized carbons (Fsp3) is 0.381. The predicted molar refractivity (Wildman–Crippen MR) is 102 cm³/mol. The van der Waals surface area contributed by atoms with Crippen LogP contribution in [-0.4, -0.2) is 26.2 Å². The Morgan fingerprint density at radius 1 is 1.07 bits per heavy atom. The van der Waals surface area contributed by atoms with Gasteiger partial charge in [-0.2, -0.15) is 8.78 Å². The van der Waals surface area contributed by atoms with Crippen molar-refractivity contribution in [1.82, 2.24) is 5.32 Å². The number of para-hydroxylation sites is 2. The number of benzene rings is 2. The standard InChI is InChI=1S/C21H25F2NO4/c1-14(2)11-12-27-17-9-5-4-7-15(17)13-24-20(25)16-8-6-10-18(26-3)19(16)28-21(22)23/h4-10,14,21H,11-13H2,1-3H3,(H,24,25). The summed E-state index contributed by atoms with van der Waals surface area (Å²) in [5.74, 6) is 0.419. The van der Waals surface area contributed by atoms with Crippen LogP contribution in [0.4, 0.5) is 8.78 Å². The SMILES string of the molecule is COc1cccc(C(=O)NCc2ccccc2OCCC(C)C)c1OC(F)F. The van der Waals surface area contributed by atoms with Gasteiger partial charge in [-0.05, 0) is 30.5 Å². The van der Waals surface area contributed by atoms with Crippen LogP contribution in [0.5, 0.6) is 17.2 Å². The number of nitrogens with one attached hydrogen (secondary N) is 1. The molecule has 0 unspecified atom stereocenters. The zero-order valence-electron chi connectivity index (χ0n) is 16.2. The predicted octanol–water partition coefficient (Wildman–Crippen LogP) is 4.65. The van der Waals surface area contributed by atoms with E-state index in [2.05, 4.69) is 23.9 Å². The van der Waals surface area contributed by atoms with E-state index in [0.29, 0.717) is 18.3 Å². The number of methoxy groups -OCH3 is 1. The van der Waals surface area contributed by atoms with E-state index in [1.165, 1.54) is 25.3 Å². The van der Waals surface area contributed by atoms with Gasteiger partial charge in [0.1, 0.15) is 5.75 Å². The molecule has 2 aromatic rings. The Bertz CT molecular complexity index is 781. The quantitative estimate of drug-likeness (QED) is 0.638. The molecule has 5 nitrogen and oxygen atoms in total. The van der Waals surface area contributed by atoms with Crippen LogP contribution in [-0.2, 0) is 6.54 Å². The van der Waals surface area contributed by atoms with Crippen molar-refractivity contribution in [2.75, 3.05) is 13.7 Å². The monoisotopic (exact) mass is 393 g/mol. The number of carbonyl (C=O) groups excluding carboxylic acids is 1. The third kappa shape index (κ3) is 6.11. The highest BCUT2D eigenvalue weighted by molar-refractivity contribution is 5.97. The Kier molecular flexibility index (Phi) is 8.04. The smallest absolute Gasteiger partial charge is 0.387 e. The molecule has 7 heteroatoms. The second kappa shape index (κ2) is 10.5. The molecule has 2 rings (SSSR count). The van der Waals surface area contributed by atoms with Gasteiger partial charge in [-0.25, -0.2) is 0 Å². The Morgan fingerprint density at radius 3 is 2.46 bits per heavy atom. The Labute approximate surface area is 163 Å². The van der Waals surface area contributed by atoms with Gasteiger partial charge < -0.3 is 19.5 Å². The van der Waals surface area contributed by atoms with Crippen LogP contribution in [0.25, 0.3) is 0 Å². The molecule has 152 valence electrons. The Morgan fingerprint density at radius 2 is 1.79 bits per heavy atom. The van der Waals surface area contributed by atoms with Crippen molar-refractivity contribution >= 4 is 5.91 Å². The second-order valence-corrected chi connectivity index (χ2v) is 6.54. The lowest BCUT2D eigenvalue weighted by Crippen LogP contribution is -2.24. The lowest BCUT2D eigenvalue weighted by molar-refractivity contribution is -0.0515. The van der Waals surface area contributed by atoms with Crippen LogP contribution in [0.3, 0.4) is 0 Å². The van der Waals surface area contributed by atoms with E-state index < -0.39 is 12.5 Å². The van der Waals surface area contributed by atoms with Crippen molar-refractivity contribution < 1.29 is 27.8 Å². The van der Waals surface area contributed by atoms with Crippen molar-refractivity contribution in [3.05, 3.63) is 53.6 Å². The molecule has 0 heterocycles. The summed E-state index contributed by atoms with van der Waals surface area (Å²) in [6, 6.07) is 11.8. The van der Waals surface area contributed by atoms with Crippen LogP contribution < -0.4 is 19.5 Å². The van der Waals surface area contributed by atoms with Crippen LogP contribution in [0.15, 0.2) is 42.5 Å². The van der Waals surface area contributed by atoms with Crippen molar-refractivity contribution in [3.8, 4) is 17.2 Å². The molecule has 1 N–H and O–H groups in total. The molecule has 0 bridgehead atoms. The second-order valence-electron chi connectivity index (χ2n) is 6.54. The third-order valence-corrected chi connectivity index (χ3v) is 4.02. The van der Waals surface area contributed by atoms with E-state index in [-0.39, 0.29) is 23.6 Å². The summed E-state index contributed by atoms with van der Waals surface area (Å²) in [7, 11) is 1.32. The van der Waals surface area contributed by atoms with Gasteiger partial charge >= 0.3 is 6.61 Å². The van der Waals surface area contributed by atoms with E-state index in [1.807, 2.05) is 24.3 Å². The molecule has 0 saturated heterocycles. The molecular formula is C21H25F2NO4. The lowest BCUT2D eigenvalue weighted by atomic mass is 10.1. The normalized spacial score (nSPS) is 10.8. The number of carbonyl (C=O) groups is 1. The molecule has 0 aromatic heterocycles. The molecule has 0 aliphatic heterocycles. The van der Waals surface area contributed by atoms with Gasteiger partial charge in [0.15, 0.2) is 11.5 Å². The zero-order valence-corrected chi connectivity index (χ0v) is 16.2. The highest BCUT2D eigenvalue weighted by Gasteiger charge is 2.20. The average Bonchev–Trinajstić information content (AvgIpc) is 2.66. The van der Waals surface area contributed by atoms with E-state index in [4.69, 9.17) is 9.47 Å². The molecule has 0 radical (unpaired) electrons. The summed E-state index contributed by atoms with van der Waals surface area (Å²) >= 11 is 0. The number of alkyl halides is 2. The van der Waals surface area contributed by atoms with Crippen molar-refractivity contribution in [2.24, 2.45) is 5.92 Å². The fourth-order valence-electron chi connectivity index (χ4n) is 2.53. The summed E-state index contributed by atoms with van der Waals surface area (Å²) in [5, 5.41) is 2.72. The van der Waals surface area contributed by atoms with Gasteiger partial charge in [0.05, 0.1) is 19.3 Å². The van der Waals surface area contributed by atoms with Gasteiger partial charge in [0, 0.05) is 12.1 Å². The maximum Gasteiger partial charge on any atom is 0.387 e. The largest absolute Gasteiger partial charge is 0.493 e. The molecule has 2 aromatic carbocycles. The molecule has 0 spiro atoms. The third-order valence-electron chi connectivity index (χ3n) is 4.02. The maximum absolute atomic E-state index is 12.7. The van der Waals surface area contributed by atoms with Crippen LogP contribution in [0.1, 0.15) is 36.2 Å². The van der Waals surface area contributed by atoms with Gasteiger partial charge in [0.2, 0.25) is 0 Å². The molecule has 0 aliphatic carbocycles. The molecule has 0 fully saturated rings. The first-order chi connectivity index (χ1) is 13.4. The van der Waals surface area contributed by atoms with E-state index in [9.17, 15) is 13.6 Å². The summed E-state index contributed by atoms with van der Waals surface area (Å²) < 4.78 is 40.8. The number of rotatable bonds is 10. The Hall–Kier alpha value is -2.83. The summed E-state index contributed by atoms with van der Waals surface area (Å²) in [5.41, 5.74) is 0.761. The zero-order chi connectivity index (χ0) is 20.5. The lowest BCUT2D eigenvalue weighted by Gasteiger charge is -2.15. The maximum atomic E-state index is 12.7. The topological polar surface area (TPSA) is 56.8 Å². The van der Waals surface area contributed by atoms with Gasteiger partial charge in [-0.1, -0.05) is 38.1 Å². The molecule has 0 atom stereocenters. The first-order valence-corrected chi connectivity index (χ1v) is 9.03. The van der Waals surface area contributed by atoms with Gasteiger partial charge in [-0.15, -0.1) is 0 Å². The van der Waals surface area contributed by atoms with Crippen molar-refractivity contribution in [2.45, 2.75) is 33.4 Å². The fourth-order valence-corrected chi connectivity index (χ4v) is 2.53. The molecular weight excluding hydrogens is 368 g/mol. The van der Waals surface area contributed by atoms with Gasteiger partial charge in [-0.3, -0.25) is 4.79 Å². The Balaban J connectivity index is 2.11.